The van der Waals surface area contributed by atoms with E-state index in [2.05, 4.69) is 18.1 Å². The van der Waals surface area contributed by atoms with Crippen molar-refractivity contribution < 1.29 is 9.59 Å². The summed E-state index contributed by atoms with van der Waals surface area (Å²) < 4.78 is 1.99. The third-order valence-electron chi connectivity index (χ3n) is 1.36. The van der Waals surface area contributed by atoms with Crippen LogP contribution in [0.25, 0.3) is 0 Å². The molecule has 0 fully saturated rings. The fraction of sp³-hybridized carbons (Fsp3) is 0. The predicted octanol–water partition coefficient (Wildman–Crippen LogP) is 0.971. The Morgan fingerprint density at radius 2 is 1.77 bits per heavy atom. The highest BCUT2D eigenvalue weighted by atomic mass is 32.1. The first-order chi connectivity index (χ1) is 6.24. The zero-order chi connectivity index (χ0) is 9.68. The molecule has 0 aliphatic heterocycles. The summed E-state index contributed by atoms with van der Waals surface area (Å²) in [5, 5.41) is 2.08. The van der Waals surface area contributed by atoms with Crippen LogP contribution in [0.1, 0.15) is 10.4 Å². The molecule has 0 radical (unpaired) electrons. The summed E-state index contributed by atoms with van der Waals surface area (Å²) in [4.78, 5) is 21.9. The maximum Gasteiger partial charge on any atom is 0.331 e. The Labute approximate surface area is 80.9 Å². The molecule has 68 valence electrons. The van der Waals surface area contributed by atoms with Gasteiger partial charge >= 0.3 is 6.03 Å². The first kappa shape index (κ1) is 9.60. The van der Waals surface area contributed by atoms with Gasteiger partial charge in [-0.25, -0.2) is 4.79 Å². The largest absolute Gasteiger partial charge is 0.331 e. The topological polar surface area (TPSA) is 58.2 Å². The Morgan fingerprint density at radius 3 is 2.31 bits per heavy atom. The molecule has 3 amide bonds. The quantitative estimate of drug-likeness (QED) is 0.586. The Morgan fingerprint density at radius 1 is 1.15 bits per heavy atom. The first-order valence-corrected chi connectivity index (χ1v) is 3.99. The minimum Gasteiger partial charge on any atom is -0.284 e. The number of amides is 3. The molecular formula is C8H8N2O2S. The summed E-state index contributed by atoms with van der Waals surface area (Å²) in [6.07, 6.45) is 0. The van der Waals surface area contributed by atoms with Crippen LogP contribution in [0.2, 0.25) is 0 Å². The van der Waals surface area contributed by atoms with Crippen LogP contribution >= 0.6 is 12.8 Å². The molecule has 13 heavy (non-hydrogen) atoms. The molecule has 2 N–H and O–H groups in total. The normalized spacial score (nSPS) is 9.00. The first-order valence-electron chi connectivity index (χ1n) is 3.54. The van der Waals surface area contributed by atoms with Crippen molar-refractivity contribution in [1.82, 2.24) is 10.0 Å². The van der Waals surface area contributed by atoms with E-state index < -0.39 is 11.9 Å². The van der Waals surface area contributed by atoms with E-state index in [1.807, 2.05) is 4.72 Å². The van der Waals surface area contributed by atoms with Gasteiger partial charge in [-0.1, -0.05) is 31.0 Å². The molecule has 0 spiro atoms. The number of hydrogen-bond donors (Lipinski definition) is 3. The van der Waals surface area contributed by atoms with Crippen molar-refractivity contribution in [2.24, 2.45) is 0 Å². The zero-order valence-electron chi connectivity index (χ0n) is 6.65. The number of imide groups is 1. The van der Waals surface area contributed by atoms with E-state index in [1.54, 1.807) is 30.3 Å². The van der Waals surface area contributed by atoms with E-state index >= 15 is 0 Å². The van der Waals surface area contributed by atoms with Gasteiger partial charge in [0.25, 0.3) is 5.91 Å². The molecule has 0 aliphatic rings. The third-order valence-corrected chi connectivity index (χ3v) is 1.57. The van der Waals surface area contributed by atoms with Crippen molar-refractivity contribution in [2.45, 2.75) is 0 Å². The standard InChI is InChI=1S/C8H8N2O2S/c11-7(9-8(12)10-13)6-4-2-1-3-5-6/h1-5,13H,(H2,9,10,11,12). The summed E-state index contributed by atoms with van der Waals surface area (Å²) in [6.45, 7) is 0. The molecule has 4 nitrogen and oxygen atoms in total. The molecule has 0 bridgehead atoms. The summed E-state index contributed by atoms with van der Waals surface area (Å²) in [5.74, 6) is -0.452. The number of benzene rings is 1. The molecule has 0 unspecified atom stereocenters. The van der Waals surface area contributed by atoms with Gasteiger partial charge in [0, 0.05) is 5.56 Å². The maximum atomic E-state index is 11.2. The number of carbonyl (C=O) groups is 2. The second-order valence-electron chi connectivity index (χ2n) is 2.26. The Kier molecular flexibility index (Phi) is 3.33. The lowest BCUT2D eigenvalue weighted by Gasteiger charge is -2.01. The van der Waals surface area contributed by atoms with Gasteiger partial charge < -0.3 is 0 Å². The van der Waals surface area contributed by atoms with Crippen molar-refractivity contribution in [3.63, 3.8) is 0 Å². The number of rotatable bonds is 1. The summed E-state index contributed by atoms with van der Waals surface area (Å²) >= 11 is 3.49. The van der Waals surface area contributed by atoms with Crippen LogP contribution in [-0.2, 0) is 0 Å². The average Bonchev–Trinajstić information content (AvgIpc) is 2.19. The van der Waals surface area contributed by atoms with Crippen LogP contribution in [0.5, 0.6) is 0 Å². The van der Waals surface area contributed by atoms with Crippen molar-refractivity contribution in [1.29, 1.82) is 0 Å². The molecule has 0 heterocycles. The van der Waals surface area contributed by atoms with E-state index in [4.69, 9.17) is 0 Å². The maximum absolute atomic E-state index is 11.2. The van der Waals surface area contributed by atoms with Gasteiger partial charge in [0.1, 0.15) is 0 Å². The van der Waals surface area contributed by atoms with Crippen molar-refractivity contribution >= 4 is 24.8 Å². The number of urea groups is 1. The summed E-state index contributed by atoms with van der Waals surface area (Å²) in [6, 6.07) is 7.80. The van der Waals surface area contributed by atoms with Crippen molar-refractivity contribution in [2.75, 3.05) is 0 Å². The second kappa shape index (κ2) is 4.51. The van der Waals surface area contributed by atoms with E-state index in [-0.39, 0.29) is 0 Å². The van der Waals surface area contributed by atoms with Gasteiger partial charge in [-0.15, -0.1) is 0 Å². The van der Waals surface area contributed by atoms with Crippen molar-refractivity contribution in [3.8, 4) is 0 Å². The Bertz CT molecular complexity index is 313. The fourth-order valence-corrected chi connectivity index (χ4v) is 0.849. The number of hydrogen-bond acceptors (Lipinski definition) is 3. The van der Waals surface area contributed by atoms with Gasteiger partial charge in [-0.2, -0.15) is 0 Å². The molecule has 0 saturated carbocycles. The molecular weight excluding hydrogens is 188 g/mol. The second-order valence-corrected chi connectivity index (χ2v) is 2.48. The van der Waals surface area contributed by atoms with Gasteiger partial charge in [0.05, 0.1) is 0 Å². The lowest BCUT2D eigenvalue weighted by atomic mass is 10.2. The lowest BCUT2D eigenvalue weighted by molar-refractivity contribution is 0.0965. The van der Waals surface area contributed by atoms with Crippen LogP contribution in [0.3, 0.4) is 0 Å². The fourth-order valence-electron chi connectivity index (χ4n) is 0.793. The average molecular weight is 196 g/mol. The zero-order valence-corrected chi connectivity index (χ0v) is 7.54. The molecule has 0 aliphatic carbocycles. The molecule has 0 atom stereocenters. The Hall–Kier alpha value is -1.49. The molecule has 5 heteroatoms. The third kappa shape index (κ3) is 2.79. The number of thiol groups is 1. The predicted molar refractivity (Wildman–Crippen MR) is 51.4 cm³/mol. The monoisotopic (exact) mass is 196 g/mol. The van der Waals surface area contributed by atoms with Crippen LogP contribution in [0, 0.1) is 0 Å². The molecule has 1 aromatic carbocycles. The van der Waals surface area contributed by atoms with Crippen LogP contribution in [-0.4, -0.2) is 11.9 Å². The summed E-state index contributed by atoms with van der Waals surface area (Å²) in [7, 11) is 0. The van der Waals surface area contributed by atoms with E-state index in [0.717, 1.165) is 0 Å². The minimum absolute atomic E-state index is 0.430. The van der Waals surface area contributed by atoms with Crippen LogP contribution in [0.4, 0.5) is 4.79 Å². The van der Waals surface area contributed by atoms with Gasteiger partial charge in [0.2, 0.25) is 0 Å². The lowest BCUT2D eigenvalue weighted by Crippen LogP contribution is -2.35. The highest BCUT2D eigenvalue weighted by molar-refractivity contribution is 7.78. The SMILES string of the molecule is O=C(NS)NC(=O)c1ccccc1. The van der Waals surface area contributed by atoms with Crippen LogP contribution < -0.4 is 10.0 Å². The molecule has 0 saturated heterocycles. The van der Waals surface area contributed by atoms with Gasteiger partial charge in [0.15, 0.2) is 0 Å². The van der Waals surface area contributed by atoms with Gasteiger partial charge in [-0.3, -0.25) is 14.8 Å². The highest BCUT2D eigenvalue weighted by Gasteiger charge is 2.07. The van der Waals surface area contributed by atoms with Crippen molar-refractivity contribution in [3.05, 3.63) is 35.9 Å². The summed E-state index contributed by atoms with van der Waals surface area (Å²) in [5.41, 5.74) is 0.430. The molecule has 1 aromatic rings. The van der Waals surface area contributed by atoms with Gasteiger partial charge in [-0.05, 0) is 12.1 Å². The minimum atomic E-state index is -0.641. The highest BCUT2D eigenvalue weighted by Crippen LogP contribution is 1.97. The number of nitrogens with one attached hydrogen (secondary N) is 2. The van der Waals surface area contributed by atoms with E-state index in [0.29, 0.717) is 5.56 Å². The van der Waals surface area contributed by atoms with Crippen LogP contribution in [0.15, 0.2) is 30.3 Å². The molecule has 1 rings (SSSR count). The van der Waals surface area contributed by atoms with E-state index in [1.165, 1.54) is 0 Å². The molecule has 0 aromatic heterocycles. The smallest absolute Gasteiger partial charge is 0.284 e. The van der Waals surface area contributed by atoms with E-state index in [9.17, 15) is 9.59 Å². The Balaban J connectivity index is 2.65. The number of carbonyl (C=O) groups excluding carboxylic acids is 2.